The SMILES string of the molecule is CC1(C)OB(c2ccc(S(=O)(=O)CC3CCC4(CC3)OCCO4)cc2)OC1(C)C.Clc1ccc(Br)c(Cl)c1.O=C1CCC(CS(=O)(=O)c2ccc(-c3ccc(Cl)cc3Cl)cc2)CC1.O=S(=O)(CC1CCC2(CC1)OCCO2)c1ccc(-c2ccc(Cl)cc2Cl)cc1. The van der Waals surface area contributed by atoms with Crippen LogP contribution in [0, 0.1) is 17.8 Å². The van der Waals surface area contributed by atoms with Gasteiger partial charge < -0.3 is 28.3 Å². The minimum atomic E-state index is -3.36. The molecule has 0 N–H and O–H groups in total. The second-order valence-corrected chi connectivity index (χ2v) is 34.4. The highest BCUT2D eigenvalue weighted by Crippen LogP contribution is 2.42. The maximum absolute atomic E-state index is 12.9. The summed E-state index contributed by atoms with van der Waals surface area (Å²) in [6, 6.07) is 36.3. The lowest BCUT2D eigenvalue weighted by Crippen LogP contribution is -2.41. The van der Waals surface area contributed by atoms with E-state index in [1.165, 1.54) is 0 Å². The first-order valence-electron chi connectivity index (χ1n) is 30.4. The van der Waals surface area contributed by atoms with Gasteiger partial charge >= 0.3 is 7.12 Å². The highest BCUT2D eigenvalue weighted by Gasteiger charge is 2.52. The van der Waals surface area contributed by atoms with Crippen LogP contribution in [0.3, 0.4) is 0 Å². The Hall–Kier alpha value is -3.12. The molecule has 3 aliphatic carbocycles. The average molecular weight is 1490 g/mol. The fourth-order valence-electron chi connectivity index (χ4n) is 11.9. The largest absolute Gasteiger partial charge is 0.494 e. The Balaban J connectivity index is 0.000000151. The molecule has 490 valence electrons. The van der Waals surface area contributed by atoms with E-state index < -0.39 is 59.4 Å². The Morgan fingerprint density at radius 1 is 0.440 bits per heavy atom. The zero-order valence-corrected chi connectivity index (χ0v) is 59.6. The van der Waals surface area contributed by atoms with Crippen LogP contribution >= 0.6 is 85.5 Å². The minimum absolute atomic E-state index is 0.0630. The summed E-state index contributed by atoms with van der Waals surface area (Å²) in [6.07, 6.45) is 8.62. The van der Waals surface area contributed by atoms with Crippen LogP contribution in [0.2, 0.25) is 30.1 Å². The van der Waals surface area contributed by atoms with Gasteiger partial charge in [0, 0.05) is 79.2 Å². The molecule has 3 aliphatic heterocycles. The van der Waals surface area contributed by atoms with Gasteiger partial charge in [-0.15, -0.1) is 0 Å². The van der Waals surface area contributed by atoms with Gasteiger partial charge in [-0.3, -0.25) is 4.79 Å². The molecule has 3 saturated heterocycles. The Labute approximate surface area is 574 Å². The number of carbonyl (C=O) groups excluding carboxylic acids is 1. The summed E-state index contributed by atoms with van der Waals surface area (Å²) < 4.78 is 113. The van der Waals surface area contributed by atoms with Gasteiger partial charge in [0.2, 0.25) is 0 Å². The molecule has 0 aromatic heterocycles. The monoisotopic (exact) mass is 1480 g/mol. The van der Waals surface area contributed by atoms with Crippen molar-refractivity contribution in [2.24, 2.45) is 17.8 Å². The number of sulfone groups is 3. The van der Waals surface area contributed by atoms with Crippen molar-refractivity contribution in [2.75, 3.05) is 43.7 Å². The van der Waals surface area contributed by atoms with Crippen LogP contribution in [-0.4, -0.2) is 105 Å². The fraction of sp³-hybridized carbons (Fsp3) is 0.448. The summed E-state index contributed by atoms with van der Waals surface area (Å²) in [7, 11) is -10.5. The summed E-state index contributed by atoms with van der Waals surface area (Å²) in [5, 5.41) is 3.48. The third kappa shape index (κ3) is 18.9. The number of Topliss-reactive ketones (excluding diaryl/α,β-unsaturated/α-hetero) is 1. The fourth-order valence-corrected chi connectivity index (χ4v) is 18.7. The average Bonchev–Trinajstić information content (AvgIpc) is 1.88. The molecule has 6 aromatic rings. The molecule has 3 heterocycles. The molecule has 0 atom stereocenters. The number of rotatable bonds is 12. The van der Waals surface area contributed by atoms with Crippen molar-refractivity contribution in [2.45, 2.75) is 142 Å². The molecule has 6 aromatic carbocycles. The van der Waals surface area contributed by atoms with Gasteiger partial charge in [-0.1, -0.05) is 118 Å². The molecule has 0 bridgehead atoms. The standard InChI is InChI=1S/C21H31BO6S.C21H22Cl2O4S.C19H18Cl2O3S.C6H3BrCl2/c1-19(2)20(3,4)28-22(27-19)17-5-7-18(8-6-17)29(23,24)15-16-9-11-21(12-10-16)25-13-14-26-21;22-17-3-6-19(20(23)13-17)16-1-4-18(5-2-16)28(24,25)14-15-7-9-21(10-8-15)26-11-12-27-21;20-15-5-10-18(19(21)11-15)14-3-8-17(9-4-14)25(23,24)12-13-1-6-16(22)7-2-13;7-5-2-1-4(8)3-6(5)9/h5-8,16H,9-15H2,1-4H3;1-6,13,15H,7-12,14H2;3-5,8-11,13H,1-2,6-7,12H2;1-3H. The van der Waals surface area contributed by atoms with Gasteiger partial charge in [0.15, 0.2) is 41.1 Å². The Morgan fingerprint density at radius 2 is 0.758 bits per heavy atom. The van der Waals surface area contributed by atoms with Crippen LogP contribution < -0.4 is 5.46 Å². The van der Waals surface area contributed by atoms with E-state index in [1.807, 2.05) is 45.9 Å². The number of carbonyl (C=O) groups is 1. The van der Waals surface area contributed by atoms with E-state index >= 15 is 0 Å². The molecule has 6 aliphatic rings. The Bertz CT molecular complexity index is 3820. The molecular formula is C67H74BBrCl6O13S3. The second kappa shape index (κ2) is 30.5. The molecule has 0 unspecified atom stereocenters. The van der Waals surface area contributed by atoms with E-state index in [-0.39, 0.29) is 40.8 Å². The van der Waals surface area contributed by atoms with Gasteiger partial charge in [0.1, 0.15) is 5.78 Å². The third-order valence-corrected chi connectivity index (χ3v) is 26.2. The van der Waals surface area contributed by atoms with Crippen molar-refractivity contribution in [1.29, 1.82) is 0 Å². The van der Waals surface area contributed by atoms with Gasteiger partial charge in [0.25, 0.3) is 0 Å². The van der Waals surface area contributed by atoms with E-state index in [2.05, 4.69) is 15.9 Å². The topological polar surface area (TPSA) is 175 Å². The van der Waals surface area contributed by atoms with Crippen molar-refractivity contribution < 1.29 is 58.3 Å². The van der Waals surface area contributed by atoms with Crippen LogP contribution in [0.15, 0.2) is 147 Å². The summed E-state index contributed by atoms with van der Waals surface area (Å²) >= 11 is 38.8. The lowest BCUT2D eigenvalue weighted by atomic mass is 9.79. The van der Waals surface area contributed by atoms with Crippen molar-refractivity contribution >= 4 is 133 Å². The normalized spacial score (nSPS) is 20.5. The minimum Gasteiger partial charge on any atom is -0.399 e. The molecule has 0 amide bonds. The number of hydrogen-bond donors (Lipinski definition) is 0. The smallest absolute Gasteiger partial charge is 0.399 e. The number of benzene rings is 6. The van der Waals surface area contributed by atoms with Crippen LogP contribution in [0.25, 0.3) is 22.3 Å². The van der Waals surface area contributed by atoms with Crippen molar-refractivity contribution in [3.8, 4) is 22.3 Å². The van der Waals surface area contributed by atoms with E-state index in [0.717, 1.165) is 83.6 Å². The molecule has 0 radical (unpaired) electrons. The summed E-state index contributed by atoms with van der Waals surface area (Å²) in [5.74, 6) is 0.0791. The lowest BCUT2D eigenvalue weighted by molar-refractivity contribution is -0.181. The maximum atomic E-state index is 12.9. The predicted molar refractivity (Wildman–Crippen MR) is 366 cm³/mol. The summed E-state index contributed by atoms with van der Waals surface area (Å²) in [6.45, 7) is 10.5. The van der Waals surface area contributed by atoms with Gasteiger partial charge in [-0.25, -0.2) is 25.3 Å². The Morgan fingerprint density at radius 3 is 1.09 bits per heavy atom. The van der Waals surface area contributed by atoms with E-state index in [1.54, 1.807) is 109 Å². The molecular weight excluding hydrogens is 1410 g/mol. The lowest BCUT2D eigenvalue weighted by Gasteiger charge is -2.35. The van der Waals surface area contributed by atoms with Gasteiger partial charge in [-0.2, -0.15) is 0 Å². The van der Waals surface area contributed by atoms with Crippen LogP contribution in [0.5, 0.6) is 0 Å². The molecule has 6 fully saturated rings. The first-order chi connectivity index (χ1) is 42.9. The number of ketones is 1. The first kappa shape index (κ1) is 72.2. The molecule has 12 rings (SSSR count). The first-order valence-corrected chi connectivity index (χ1v) is 38.4. The molecule has 2 spiro atoms. The quantitative estimate of drug-likeness (QED) is 0.0837. The van der Waals surface area contributed by atoms with Crippen molar-refractivity contribution in [3.63, 3.8) is 0 Å². The van der Waals surface area contributed by atoms with E-state index in [4.69, 9.17) is 97.9 Å². The van der Waals surface area contributed by atoms with Crippen LogP contribution in [0.4, 0.5) is 0 Å². The number of halogens is 7. The zero-order valence-electron chi connectivity index (χ0n) is 51.0. The zero-order chi connectivity index (χ0) is 65.6. The predicted octanol–water partition coefficient (Wildman–Crippen LogP) is 17.0. The van der Waals surface area contributed by atoms with Crippen LogP contribution in [-0.2, 0) is 62.6 Å². The van der Waals surface area contributed by atoms with Crippen molar-refractivity contribution in [1.82, 2.24) is 0 Å². The van der Waals surface area contributed by atoms with Crippen LogP contribution in [0.1, 0.15) is 105 Å². The number of ether oxygens (including phenoxy) is 4. The highest BCUT2D eigenvalue weighted by molar-refractivity contribution is 9.10. The molecule has 24 heteroatoms. The third-order valence-electron chi connectivity index (χ3n) is 17.9. The second-order valence-electron chi connectivity index (χ2n) is 24.9. The van der Waals surface area contributed by atoms with Gasteiger partial charge in [0.05, 0.1) is 74.6 Å². The summed E-state index contributed by atoms with van der Waals surface area (Å²) in [5.41, 5.74) is 3.31. The number of hydrogen-bond acceptors (Lipinski definition) is 13. The maximum Gasteiger partial charge on any atom is 0.494 e. The molecule has 3 saturated carbocycles. The molecule has 91 heavy (non-hydrogen) atoms. The van der Waals surface area contributed by atoms with Gasteiger partial charge in [-0.05, 0) is 195 Å². The highest BCUT2D eigenvalue weighted by atomic mass is 79.9. The molecule has 13 nitrogen and oxygen atoms in total. The van der Waals surface area contributed by atoms with Crippen molar-refractivity contribution in [3.05, 3.63) is 162 Å². The Kier molecular flexibility index (Phi) is 24.2. The van der Waals surface area contributed by atoms with E-state index in [9.17, 15) is 30.0 Å². The van der Waals surface area contributed by atoms with E-state index in [0.29, 0.717) is 96.9 Å². The summed E-state index contributed by atoms with van der Waals surface area (Å²) in [4.78, 5) is 12.3.